The lowest BCUT2D eigenvalue weighted by Crippen LogP contribution is -2.62. The number of phenols is 1. The Morgan fingerprint density at radius 1 is 0.859 bits per heavy atom. The van der Waals surface area contributed by atoms with Crippen LogP contribution in [0.2, 0.25) is 0 Å². The number of hydrogen-bond donors (Lipinski definition) is 5. The first-order chi connectivity index (χ1) is 37.6. The molecule has 3 aromatic heterocycles. The first-order valence-corrected chi connectivity index (χ1v) is 28.0. The number of hydrogen-bond acceptors (Lipinski definition) is 14. The van der Waals surface area contributed by atoms with E-state index in [9.17, 15) is 24.2 Å². The predicted octanol–water partition coefficient (Wildman–Crippen LogP) is 7.82. The molecule has 1 spiro atoms. The number of piperazine rings is 1. The van der Waals surface area contributed by atoms with Gasteiger partial charge in [-0.25, -0.2) is 14.4 Å². The molecule has 2 amide bonds. The van der Waals surface area contributed by atoms with Gasteiger partial charge in [0, 0.05) is 97.7 Å². The molecule has 2 unspecified atom stereocenters. The van der Waals surface area contributed by atoms with E-state index in [0.717, 1.165) is 111 Å². The summed E-state index contributed by atoms with van der Waals surface area (Å²) in [6.07, 6.45) is 13.9. The first kappa shape index (κ1) is 50.3. The zero-order chi connectivity index (χ0) is 53.7. The number of carbonyl (C=O) groups excluding carboxylic acids is 2. The average molecular weight is 1060 g/mol. The number of aromatic hydroxyl groups is 1. The number of piperidine rings is 1. The number of β-amino-alcohol motifs (C(OH)–C–C–N with tert-alkyl or cyclic N) is 1. The number of anilines is 2. The van der Waals surface area contributed by atoms with Crippen LogP contribution in [0, 0.1) is 22.6 Å². The largest absolute Gasteiger partial charge is 0.507 e. The van der Waals surface area contributed by atoms with Crippen molar-refractivity contribution in [2.45, 2.75) is 133 Å². The van der Waals surface area contributed by atoms with Crippen LogP contribution >= 0.6 is 0 Å². The van der Waals surface area contributed by atoms with E-state index in [1.165, 1.54) is 11.6 Å². The summed E-state index contributed by atoms with van der Waals surface area (Å²) in [6.45, 7) is 11.6. The molecular weight excluding hydrogens is 988 g/mol. The molecule has 2 aliphatic carbocycles. The quantitative estimate of drug-likeness (QED) is 0.0842. The Morgan fingerprint density at radius 2 is 1.55 bits per heavy atom. The lowest BCUT2D eigenvalue weighted by Gasteiger charge is -2.60. The van der Waals surface area contributed by atoms with Gasteiger partial charge < -0.3 is 50.3 Å². The number of aromatic nitrogens is 5. The summed E-state index contributed by atoms with van der Waals surface area (Å²) in [6, 6.07) is 23.0. The lowest BCUT2D eigenvalue weighted by atomic mass is 9.49. The fourth-order valence-electron chi connectivity index (χ4n) is 14.1. The zero-order valence-corrected chi connectivity index (χ0v) is 44.8. The summed E-state index contributed by atoms with van der Waals surface area (Å²) in [5, 5.41) is 42.3. The van der Waals surface area contributed by atoms with Gasteiger partial charge in [-0.15, -0.1) is 10.2 Å². The van der Waals surface area contributed by atoms with E-state index in [4.69, 9.17) is 14.8 Å². The van der Waals surface area contributed by atoms with E-state index in [1.807, 2.05) is 76.4 Å². The minimum atomic E-state index is -1.05. The van der Waals surface area contributed by atoms with E-state index in [2.05, 4.69) is 58.1 Å². The third-order valence-corrected chi connectivity index (χ3v) is 18.5. The number of rotatable bonds is 11. The van der Waals surface area contributed by atoms with Gasteiger partial charge in [-0.1, -0.05) is 80.5 Å². The highest BCUT2D eigenvalue weighted by molar-refractivity contribution is 5.96. The molecular formula is C60H69FN12O5. The third-order valence-electron chi connectivity index (χ3n) is 18.5. The Labute approximate surface area is 453 Å². The molecule has 13 rings (SSSR count). The number of carbonyl (C=O) groups is 2. The number of likely N-dealkylation sites (tertiary alicyclic amines) is 2. The van der Waals surface area contributed by atoms with E-state index >= 15 is 0 Å². The number of H-pyrrole nitrogens is 1. The number of aliphatic hydroxyl groups excluding tert-OH is 1. The normalized spacial score (nSPS) is 28.5. The molecule has 6 atom stereocenters. The molecule has 0 radical (unpaired) electrons. The molecule has 78 heavy (non-hydrogen) atoms. The van der Waals surface area contributed by atoms with Crippen LogP contribution in [0.3, 0.4) is 0 Å². The number of oxime groups is 1. The van der Waals surface area contributed by atoms with Crippen molar-refractivity contribution in [2.75, 3.05) is 42.5 Å². The number of nitrogens with zero attached hydrogens (tertiary/aromatic N) is 9. The number of amidine groups is 1. The maximum atomic E-state index is 14.6. The summed E-state index contributed by atoms with van der Waals surface area (Å²) in [7, 11) is 0. The number of phenolic OH excluding ortho intramolecular Hbond substituents is 1. The van der Waals surface area contributed by atoms with Crippen LogP contribution in [0.5, 0.6) is 5.75 Å². The van der Waals surface area contributed by atoms with Crippen LogP contribution < -0.4 is 20.4 Å². The SMILES string of the molecule is CC(C)(C)[C@H](NC(=O)[C@H]1CC2(C1)C[C@H](N1CCC(c3cnc(N4C5CCC4CN(c4c[nH]c6nnc(-c7ccccc7O)cc46)C5)nc3)CC1)C2)C(=O)N1C[C@H](O)C[C@H]1C1=NO[C@@](C)(c2ccc(-c3ccccc3F)cc2)N1. The third kappa shape index (κ3) is 9.07. The Bertz CT molecular complexity index is 3260. The van der Waals surface area contributed by atoms with Gasteiger partial charge in [-0.05, 0) is 117 Å². The molecule has 4 saturated heterocycles. The molecule has 7 aliphatic rings. The van der Waals surface area contributed by atoms with Gasteiger partial charge in [0.25, 0.3) is 0 Å². The van der Waals surface area contributed by atoms with Crippen molar-refractivity contribution in [1.29, 1.82) is 0 Å². The van der Waals surface area contributed by atoms with E-state index < -0.39 is 29.3 Å². The first-order valence-electron chi connectivity index (χ1n) is 28.0. The molecule has 3 aromatic carbocycles. The van der Waals surface area contributed by atoms with Crippen molar-refractivity contribution in [1.82, 2.24) is 45.6 Å². The van der Waals surface area contributed by atoms with Crippen molar-refractivity contribution in [3.05, 3.63) is 114 Å². The number of aromatic amines is 1. The number of aliphatic hydroxyl groups is 1. The maximum absolute atomic E-state index is 14.6. The summed E-state index contributed by atoms with van der Waals surface area (Å²) >= 11 is 0. The van der Waals surface area contributed by atoms with Gasteiger partial charge in [0.15, 0.2) is 11.5 Å². The highest BCUT2D eigenvalue weighted by Crippen LogP contribution is 2.60. The molecule has 6 fully saturated rings. The Morgan fingerprint density at radius 3 is 2.24 bits per heavy atom. The number of halogens is 1. The number of nitrogens with one attached hydrogen (secondary N) is 3. The molecule has 8 heterocycles. The number of para-hydroxylation sites is 1. The van der Waals surface area contributed by atoms with Gasteiger partial charge in [-0.3, -0.25) is 9.59 Å². The van der Waals surface area contributed by atoms with Crippen molar-refractivity contribution in [3.63, 3.8) is 0 Å². The number of amides is 2. The fourth-order valence-corrected chi connectivity index (χ4v) is 14.1. The average Bonchev–Trinajstić information content (AvgIpc) is 4.27. The van der Waals surface area contributed by atoms with Crippen LogP contribution in [0.4, 0.5) is 16.0 Å². The molecule has 17 nitrogen and oxygen atoms in total. The van der Waals surface area contributed by atoms with Crippen LogP contribution in [0.15, 0.2) is 103 Å². The van der Waals surface area contributed by atoms with Crippen molar-refractivity contribution in [3.8, 4) is 28.1 Å². The smallest absolute Gasteiger partial charge is 0.246 e. The van der Waals surface area contributed by atoms with Crippen LogP contribution in [-0.2, 0) is 20.2 Å². The maximum Gasteiger partial charge on any atom is 0.246 e. The van der Waals surface area contributed by atoms with Crippen LogP contribution in [-0.4, -0.2) is 132 Å². The Hall–Kier alpha value is -7.18. The highest BCUT2D eigenvalue weighted by Gasteiger charge is 2.57. The molecule has 2 saturated carbocycles. The topological polar surface area (TPSA) is 201 Å². The summed E-state index contributed by atoms with van der Waals surface area (Å²) in [5.41, 5.74) is 4.89. The summed E-state index contributed by atoms with van der Waals surface area (Å²) in [4.78, 5) is 57.1. The molecule has 5 aliphatic heterocycles. The molecule has 406 valence electrons. The lowest BCUT2D eigenvalue weighted by molar-refractivity contribution is -0.149. The van der Waals surface area contributed by atoms with Gasteiger partial charge in [0.1, 0.15) is 17.6 Å². The second-order valence-electron chi connectivity index (χ2n) is 24.7. The van der Waals surface area contributed by atoms with E-state index in [1.54, 1.807) is 35.2 Å². The monoisotopic (exact) mass is 1060 g/mol. The standard InChI is InChI=1S/C60H69FN12O5/c1-58(2,3)52(56(77)72-34-43(74)23-49(72)54-66-59(4,78-69-54)39-15-13-36(14-16-39)44-9-5-7-11-47(44)61)65-55(76)37-25-60(26-37)27-42(28-60)70-21-19-35(20-22-70)38-29-63-57(64-30-38)73-40-17-18-41(73)33-71(32-40)50-31-62-53-46(50)24-48(67-68-53)45-10-6-8-12-51(45)75/h5-16,24,29-31,35,37,40-43,49,52,74-75H,17-23,25-28,32-34H2,1-4H3,(H,62,68)(H,65,76)(H,66,69)/t37-,40?,41?,42-,43-,49+,52-,59+,60?/m1/s1. The van der Waals surface area contributed by atoms with E-state index in [0.29, 0.717) is 46.7 Å². The van der Waals surface area contributed by atoms with Crippen molar-refractivity contribution in [2.24, 2.45) is 21.9 Å². The number of fused-ring (bicyclic) bond motifs is 3. The molecule has 5 N–H and O–H groups in total. The van der Waals surface area contributed by atoms with Crippen molar-refractivity contribution >= 4 is 40.3 Å². The molecule has 18 heteroatoms. The van der Waals surface area contributed by atoms with Crippen LogP contribution in [0.1, 0.15) is 103 Å². The fraction of sp³-hybridized carbons (Fsp3) is 0.483. The van der Waals surface area contributed by atoms with Gasteiger partial charge in [0.2, 0.25) is 23.5 Å². The summed E-state index contributed by atoms with van der Waals surface area (Å²) in [5.74, 6) is 1.09. The van der Waals surface area contributed by atoms with Gasteiger partial charge in [-0.2, -0.15) is 0 Å². The second-order valence-corrected chi connectivity index (χ2v) is 24.7. The highest BCUT2D eigenvalue weighted by atomic mass is 19.1. The minimum absolute atomic E-state index is 0.0780. The minimum Gasteiger partial charge on any atom is -0.507 e. The van der Waals surface area contributed by atoms with Gasteiger partial charge >= 0.3 is 0 Å². The predicted molar refractivity (Wildman–Crippen MR) is 295 cm³/mol. The Balaban J connectivity index is 0.575. The van der Waals surface area contributed by atoms with Gasteiger partial charge in [0.05, 0.1) is 23.5 Å². The van der Waals surface area contributed by atoms with Crippen molar-refractivity contribution < 1.29 is 29.0 Å². The second kappa shape index (κ2) is 19.3. The molecule has 6 aromatic rings. The zero-order valence-electron chi connectivity index (χ0n) is 44.8. The summed E-state index contributed by atoms with van der Waals surface area (Å²) < 4.78 is 14.5. The Kier molecular flexibility index (Phi) is 12.5. The molecule has 2 bridgehead atoms. The van der Waals surface area contributed by atoms with E-state index in [-0.39, 0.29) is 47.7 Å². The number of benzene rings is 3. The van der Waals surface area contributed by atoms with Crippen LogP contribution in [0.25, 0.3) is 33.4 Å².